The fourth-order valence-electron chi connectivity index (χ4n) is 3.61. The Kier molecular flexibility index (Phi) is 4.27. The number of hydrogen-bond donors (Lipinski definition) is 1. The van der Waals surface area contributed by atoms with E-state index in [-0.39, 0.29) is 0 Å². The predicted molar refractivity (Wildman–Crippen MR) is 82.1 cm³/mol. The molecule has 0 spiro atoms. The maximum absolute atomic E-state index is 5.83. The Morgan fingerprint density at radius 1 is 1.35 bits per heavy atom. The van der Waals surface area contributed by atoms with Crippen LogP contribution in [-0.2, 0) is 0 Å². The van der Waals surface area contributed by atoms with Crippen molar-refractivity contribution in [1.29, 1.82) is 0 Å². The van der Waals surface area contributed by atoms with E-state index in [0.717, 1.165) is 18.9 Å². The molecule has 0 amide bonds. The monoisotopic (exact) mass is 274 g/mol. The number of nitrogens with one attached hydrogen (secondary N) is 1. The van der Waals surface area contributed by atoms with Crippen LogP contribution in [0.4, 0.5) is 0 Å². The molecule has 0 saturated carbocycles. The van der Waals surface area contributed by atoms with Gasteiger partial charge in [0.25, 0.3) is 0 Å². The molecule has 1 aromatic carbocycles. The molecule has 1 fully saturated rings. The van der Waals surface area contributed by atoms with E-state index < -0.39 is 0 Å². The highest BCUT2D eigenvalue weighted by atomic mass is 16.5. The summed E-state index contributed by atoms with van der Waals surface area (Å²) in [6.45, 7) is 8.90. The van der Waals surface area contributed by atoms with Gasteiger partial charge >= 0.3 is 0 Å². The van der Waals surface area contributed by atoms with Gasteiger partial charge in [-0.25, -0.2) is 0 Å². The zero-order valence-electron chi connectivity index (χ0n) is 12.6. The third kappa shape index (κ3) is 2.70. The van der Waals surface area contributed by atoms with E-state index in [2.05, 4.69) is 48.3 Å². The summed E-state index contributed by atoms with van der Waals surface area (Å²) in [6.07, 6.45) is 2.68. The minimum Gasteiger partial charge on any atom is -0.493 e. The third-order valence-corrected chi connectivity index (χ3v) is 4.80. The molecule has 2 aliphatic heterocycles. The first kappa shape index (κ1) is 13.9. The molecular formula is C17H26N2O. The van der Waals surface area contributed by atoms with Gasteiger partial charge in [-0.15, -0.1) is 0 Å². The van der Waals surface area contributed by atoms with Crippen LogP contribution in [0.15, 0.2) is 24.3 Å². The Bertz CT molecular complexity index is 448. The van der Waals surface area contributed by atoms with Crippen LogP contribution in [0.25, 0.3) is 0 Å². The summed E-state index contributed by atoms with van der Waals surface area (Å²) in [7, 11) is 0. The molecule has 110 valence electrons. The van der Waals surface area contributed by atoms with Crippen LogP contribution in [0, 0.1) is 5.92 Å². The van der Waals surface area contributed by atoms with Crippen molar-refractivity contribution in [1.82, 2.24) is 10.2 Å². The lowest BCUT2D eigenvalue weighted by Crippen LogP contribution is -2.42. The van der Waals surface area contributed by atoms with E-state index >= 15 is 0 Å². The maximum atomic E-state index is 5.83. The van der Waals surface area contributed by atoms with Gasteiger partial charge in [0.05, 0.1) is 6.61 Å². The second-order valence-electron chi connectivity index (χ2n) is 6.14. The minimum absolute atomic E-state index is 0.430. The number of ether oxygens (including phenoxy) is 1. The molecule has 0 radical (unpaired) electrons. The molecule has 3 nitrogen and oxygen atoms in total. The van der Waals surface area contributed by atoms with Crippen LogP contribution in [0.2, 0.25) is 0 Å². The lowest BCUT2D eigenvalue weighted by Gasteiger charge is -2.34. The summed E-state index contributed by atoms with van der Waals surface area (Å²) in [5.41, 5.74) is 1.33. The molecule has 2 aliphatic rings. The van der Waals surface area contributed by atoms with Gasteiger partial charge in [0.1, 0.15) is 5.75 Å². The number of likely N-dealkylation sites (tertiary alicyclic amines) is 1. The number of fused-ring (bicyclic) bond motifs is 1. The van der Waals surface area contributed by atoms with Crippen molar-refractivity contribution >= 4 is 0 Å². The van der Waals surface area contributed by atoms with E-state index in [9.17, 15) is 0 Å². The number of hydrogen-bond acceptors (Lipinski definition) is 3. The average Bonchev–Trinajstić information content (AvgIpc) is 2.94. The van der Waals surface area contributed by atoms with E-state index in [1.165, 1.54) is 31.5 Å². The largest absolute Gasteiger partial charge is 0.493 e. The number of likely N-dealkylation sites (N-methyl/N-ethyl adjacent to an activating group) is 1. The Morgan fingerprint density at radius 2 is 2.20 bits per heavy atom. The number of rotatable bonds is 4. The molecule has 3 atom stereocenters. The number of nitrogens with zero attached hydrogens (tertiary/aromatic N) is 1. The van der Waals surface area contributed by atoms with E-state index in [1.54, 1.807) is 0 Å². The van der Waals surface area contributed by atoms with Crippen LogP contribution < -0.4 is 10.1 Å². The first-order chi connectivity index (χ1) is 9.79. The Hall–Kier alpha value is -1.06. The van der Waals surface area contributed by atoms with Crippen LogP contribution in [-0.4, -0.2) is 37.2 Å². The molecule has 3 rings (SSSR count). The van der Waals surface area contributed by atoms with E-state index in [4.69, 9.17) is 4.74 Å². The van der Waals surface area contributed by atoms with Gasteiger partial charge < -0.3 is 10.1 Å². The van der Waals surface area contributed by atoms with Crippen LogP contribution in [0.1, 0.15) is 38.3 Å². The predicted octanol–water partition coefficient (Wildman–Crippen LogP) is 2.83. The maximum Gasteiger partial charge on any atom is 0.124 e. The average molecular weight is 274 g/mol. The summed E-state index contributed by atoms with van der Waals surface area (Å²) in [4.78, 5) is 2.60. The van der Waals surface area contributed by atoms with Crippen LogP contribution in [0.3, 0.4) is 0 Å². The minimum atomic E-state index is 0.430. The molecule has 1 aromatic rings. The van der Waals surface area contributed by atoms with Gasteiger partial charge in [-0.2, -0.15) is 0 Å². The van der Waals surface area contributed by atoms with Crippen LogP contribution in [0.5, 0.6) is 5.75 Å². The second-order valence-corrected chi connectivity index (χ2v) is 6.14. The molecule has 2 heterocycles. The molecule has 20 heavy (non-hydrogen) atoms. The van der Waals surface area contributed by atoms with Gasteiger partial charge in [0.15, 0.2) is 0 Å². The van der Waals surface area contributed by atoms with Crippen molar-refractivity contribution in [2.45, 2.75) is 38.8 Å². The summed E-state index contributed by atoms with van der Waals surface area (Å²) in [5.74, 6) is 1.59. The topological polar surface area (TPSA) is 24.5 Å². The number of para-hydroxylation sites is 1. The van der Waals surface area contributed by atoms with Crippen molar-refractivity contribution < 1.29 is 4.74 Å². The first-order valence-electron chi connectivity index (χ1n) is 7.98. The quantitative estimate of drug-likeness (QED) is 0.913. The molecule has 1 saturated heterocycles. The van der Waals surface area contributed by atoms with Crippen molar-refractivity contribution in [3.63, 3.8) is 0 Å². The standard InChI is InChI=1S/C17H26N2O/c1-3-19-10-6-7-14(19)11-18-17-13(2)12-20-16-9-5-4-8-15(16)17/h4-5,8-9,13-14,17-18H,3,6-7,10-12H2,1-2H3. The molecular weight excluding hydrogens is 248 g/mol. The Morgan fingerprint density at radius 3 is 3.05 bits per heavy atom. The van der Waals surface area contributed by atoms with Gasteiger partial charge in [0.2, 0.25) is 0 Å². The third-order valence-electron chi connectivity index (χ3n) is 4.80. The summed E-state index contributed by atoms with van der Waals surface area (Å²) in [5, 5.41) is 3.81. The SMILES string of the molecule is CCN1CCCC1CNC1c2ccccc2OCC1C. The van der Waals surface area contributed by atoms with Gasteiger partial charge in [-0.1, -0.05) is 32.0 Å². The molecule has 0 bridgehead atoms. The fraction of sp³-hybridized carbons (Fsp3) is 0.647. The van der Waals surface area contributed by atoms with Crippen molar-refractivity contribution in [2.75, 3.05) is 26.2 Å². The van der Waals surface area contributed by atoms with Gasteiger partial charge in [0, 0.05) is 30.1 Å². The smallest absolute Gasteiger partial charge is 0.124 e. The number of benzene rings is 1. The van der Waals surface area contributed by atoms with E-state index in [0.29, 0.717) is 18.0 Å². The van der Waals surface area contributed by atoms with Crippen LogP contribution >= 0.6 is 0 Å². The molecule has 0 aromatic heterocycles. The molecule has 3 heteroatoms. The summed E-state index contributed by atoms with van der Waals surface area (Å²) >= 11 is 0. The summed E-state index contributed by atoms with van der Waals surface area (Å²) < 4.78 is 5.83. The van der Waals surface area contributed by atoms with Crippen molar-refractivity contribution in [2.24, 2.45) is 5.92 Å². The zero-order valence-corrected chi connectivity index (χ0v) is 12.6. The Labute approximate surface area is 122 Å². The highest BCUT2D eigenvalue weighted by Gasteiger charge is 2.29. The fourth-order valence-corrected chi connectivity index (χ4v) is 3.61. The molecule has 3 unspecified atom stereocenters. The van der Waals surface area contributed by atoms with Crippen molar-refractivity contribution in [3.05, 3.63) is 29.8 Å². The lowest BCUT2D eigenvalue weighted by molar-refractivity contribution is 0.177. The molecule has 0 aliphatic carbocycles. The highest BCUT2D eigenvalue weighted by Crippen LogP contribution is 2.35. The van der Waals surface area contributed by atoms with Gasteiger partial charge in [-0.05, 0) is 32.0 Å². The zero-order chi connectivity index (χ0) is 13.9. The Balaban J connectivity index is 1.67. The lowest BCUT2D eigenvalue weighted by atomic mass is 9.92. The van der Waals surface area contributed by atoms with E-state index in [1.807, 2.05) is 0 Å². The summed E-state index contributed by atoms with van der Waals surface area (Å²) in [6, 6.07) is 9.60. The molecule has 1 N–H and O–H groups in total. The highest BCUT2D eigenvalue weighted by molar-refractivity contribution is 5.37. The second kappa shape index (κ2) is 6.15. The van der Waals surface area contributed by atoms with Crippen molar-refractivity contribution in [3.8, 4) is 5.75 Å². The first-order valence-corrected chi connectivity index (χ1v) is 7.98. The normalized spacial score (nSPS) is 30.0. The van der Waals surface area contributed by atoms with Gasteiger partial charge in [-0.3, -0.25) is 4.90 Å².